The molecule has 32 heavy (non-hydrogen) atoms. The Morgan fingerprint density at radius 3 is 2.78 bits per heavy atom. The van der Waals surface area contributed by atoms with Gasteiger partial charge in [-0.05, 0) is 43.2 Å². The van der Waals surface area contributed by atoms with Crippen LogP contribution in [-0.2, 0) is 24.3 Å². The Morgan fingerprint density at radius 2 is 2.03 bits per heavy atom. The maximum atomic E-state index is 13.1. The number of aromatic nitrogens is 2. The molecule has 8 nitrogen and oxygen atoms in total. The molecule has 5 rings (SSSR count). The topological polar surface area (TPSA) is 97.5 Å². The number of carbonyl (C=O) groups excluding carboxylic acids is 1. The van der Waals surface area contributed by atoms with Gasteiger partial charge in [-0.1, -0.05) is 17.7 Å². The Bertz CT molecular complexity index is 1400. The molecule has 0 bridgehead atoms. The number of nitrogens with zero attached hydrogens (tertiary/aromatic N) is 2. The molecule has 0 atom stereocenters. The van der Waals surface area contributed by atoms with E-state index in [-0.39, 0.29) is 24.6 Å². The van der Waals surface area contributed by atoms with E-state index in [0.717, 1.165) is 20.6 Å². The van der Waals surface area contributed by atoms with Crippen molar-refractivity contribution in [2.24, 2.45) is 0 Å². The summed E-state index contributed by atoms with van der Waals surface area (Å²) in [6, 6.07) is 11.0. The van der Waals surface area contributed by atoms with Crippen LogP contribution >= 0.6 is 11.3 Å². The molecule has 1 aliphatic rings. The second kappa shape index (κ2) is 8.16. The van der Waals surface area contributed by atoms with Crippen LogP contribution in [0.4, 0.5) is 0 Å². The first-order valence-electron chi connectivity index (χ1n) is 10.3. The normalized spacial score (nSPS) is 13.3. The lowest BCUT2D eigenvalue weighted by atomic mass is 10.1. The molecule has 1 amide bonds. The second-order valence-corrected chi connectivity index (χ2v) is 8.88. The Hall–Kier alpha value is -3.59. The van der Waals surface area contributed by atoms with Crippen LogP contribution in [0.15, 0.2) is 56.7 Å². The number of aromatic amines is 1. The fourth-order valence-electron chi connectivity index (χ4n) is 3.90. The summed E-state index contributed by atoms with van der Waals surface area (Å²) in [5.74, 6) is 1.07. The van der Waals surface area contributed by atoms with Gasteiger partial charge in [-0.2, -0.15) is 0 Å². The molecule has 0 saturated carbocycles. The summed E-state index contributed by atoms with van der Waals surface area (Å²) in [5.41, 5.74) is 1.22. The number of benzene rings is 1. The fourth-order valence-corrected chi connectivity index (χ4v) is 5.14. The number of carbonyl (C=O) groups is 1. The number of aryl methyl sites for hydroxylation is 1. The first kappa shape index (κ1) is 20.3. The van der Waals surface area contributed by atoms with Crippen LogP contribution in [0.1, 0.15) is 21.8 Å². The molecule has 4 aromatic rings. The zero-order valence-electron chi connectivity index (χ0n) is 17.4. The second-order valence-electron chi connectivity index (χ2n) is 7.78. The van der Waals surface area contributed by atoms with E-state index in [0.29, 0.717) is 41.2 Å². The van der Waals surface area contributed by atoms with Gasteiger partial charge in [0.15, 0.2) is 6.61 Å². The summed E-state index contributed by atoms with van der Waals surface area (Å²) in [4.78, 5) is 44.3. The first-order valence-corrected chi connectivity index (χ1v) is 11.1. The summed E-state index contributed by atoms with van der Waals surface area (Å²) in [7, 11) is 0. The van der Waals surface area contributed by atoms with Gasteiger partial charge in [0, 0.05) is 11.4 Å². The predicted molar refractivity (Wildman–Crippen MR) is 120 cm³/mol. The van der Waals surface area contributed by atoms with E-state index >= 15 is 0 Å². The molecular weight excluding hydrogens is 430 g/mol. The lowest BCUT2D eigenvalue weighted by molar-refractivity contribution is -0.134. The summed E-state index contributed by atoms with van der Waals surface area (Å²) in [6.07, 6.45) is 2.06. The molecule has 9 heteroatoms. The molecule has 4 heterocycles. The van der Waals surface area contributed by atoms with Crippen LogP contribution in [0.25, 0.3) is 10.2 Å². The van der Waals surface area contributed by atoms with Crippen LogP contribution < -0.4 is 16.0 Å². The summed E-state index contributed by atoms with van der Waals surface area (Å²) >= 11 is 1.35. The molecule has 0 saturated heterocycles. The molecule has 0 radical (unpaired) electrons. The van der Waals surface area contributed by atoms with E-state index in [2.05, 4.69) is 4.98 Å². The van der Waals surface area contributed by atoms with Crippen molar-refractivity contribution >= 4 is 27.5 Å². The Morgan fingerprint density at radius 1 is 1.22 bits per heavy atom. The van der Waals surface area contributed by atoms with Gasteiger partial charge < -0.3 is 14.1 Å². The highest BCUT2D eigenvalue weighted by Crippen LogP contribution is 2.32. The van der Waals surface area contributed by atoms with Gasteiger partial charge in [-0.25, -0.2) is 4.79 Å². The van der Waals surface area contributed by atoms with Crippen molar-refractivity contribution < 1.29 is 13.9 Å². The van der Waals surface area contributed by atoms with Crippen molar-refractivity contribution in [3.63, 3.8) is 0 Å². The van der Waals surface area contributed by atoms with E-state index in [1.165, 1.54) is 17.6 Å². The fraction of sp³-hybridized carbons (Fsp3) is 0.261. The van der Waals surface area contributed by atoms with Gasteiger partial charge in [0.1, 0.15) is 16.3 Å². The Balaban J connectivity index is 1.37. The molecule has 1 aromatic carbocycles. The molecule has 1 N–H and O–H groups in total. The van der Waals surface area contributed by atoms with Gasteiger partial charge in [-0.3, -0.25) is 19.1 Å². The predicted octanol–water partition coefficient (Wildman–Crippen LogP) is 2.66. The maximum absolute atomic E-state index is 13.1. The van der Waals surface area contributed by atoms with Crippen molar-refractivity contribution in [2.45, 2.75) is 26.4 Å². The van der Waals surface area contributed by atoms with E-state index in [1.54, 1.807) is 17.0 Å². The number of nitrogens with one attached hydrogen (secondary N) is 1. The molecule has 0 fully saturated rings. The molecule has 164 valence electrons. The lowest BCUT2D eigenvalue weighted by Crippen LogP contribution is -2.39. The summed E-state index contributed by atoms with van der Waals surface area (Å²) in [5, 5.41) is 0.527. The zero-order valence-corrected chi connectivity index (χ0v) is 18.2. The highest BCUT2D eigenvalue weighted by molar-refractivity contribution is 7.18. The van der Waals surface area contributed by atoms with Crippen molar-refractivity contribution in [1.29, 1.82) is 0 Å². The van der Waals surface area contributed by atoms with Crippen molar-refractivity contribution in [1.82, 2.24) is 14.5 Å². The van der Waals surface area contributed by atoms with Crippen LogP contribution in [0.2, 0.25) is 0 Å². The molecule has 0 unspecified atom stereocenters. The van der Waals surface area contributed by atoms with E-state index in [1.807, 2.05) is 31.2 Å². The van der Waals surface area contributed by atoms with Crippen LogP contribution in [0, 0.1) is 6.92 Å². The van der Waals surface area contributed by atoms with Crippen molar-refractivity contribution in [2.75, 3.05) is 13.2 Å². The van der Waals surface area contributed by atoms with E-state index in [9.17, 15) is 14.4 Å². The van der Waals surface area contributed by atoms with E-state index in [4.69, 9.17) is 9.15 Å². The average molecular weight is 452 g/mol. The third-order valence-corrected chi connectivity index (χ3v) is 6.74. The molecule has 3 aromatic heterocycles. The highest BCUT2D eigenvalue weighted by atomic mass is 32.1. The minimum Gasteiger partial charge on any atom is -0.484 e. The zero-order chi connectivity index (χ0) is 22.2. The number of hydrogen-bond donors (Lipinski definition) is 1. The minimum atomic E-state index is -0.475. The number of furan rings is 1. The molecule has 0 aliphatic carbocycles. The number of ether oxygens (including phenoxy) is 1. The standard InChI is InChI=1S/C23H21N3O5S/c1-14-4-6-15(7-5-14)31-13-19(27)25-9-8-17-18(12-25)32-21-20(17)22(28)26(23(29)24-21)11-16-3-2-10-30-16/h2-7,10H,8-9,11-13H2,1H3,(H,24,29). The number of amides is 1. The number of rotatable bonds is 5. The average Bonchev–Trinajstić information content (AvgIpc) is 3.42. The number of hydrogen-bond acceptors (Lipinski definition) is 6. The Labute approximate surface area is 186 Å². The third-order valence-electron chi connectivity index (χ3n) is 5.61. The van der Waals surface area contributed by atoms with Crippen molar-refractivity contribution in [3.8, 4) is 5.75 Å². The summed E-state index contributed by atoms with van der Waals surface area (Å²) < 4.78 is 12.1. The van der Waals surface area contributed by atoms with Crippen LogP contribution in [0.3, 0.4) is 0 Å². The van der Waals surface area contributed by atoms with Gasteiger partial charge in [0.05, 0.1) is 24.7 Å². The number of H-pyrrole nitrogens is 1. The highest BCUT2D eigenvalue weighted by Gasteiger charge is 2.27. The van der Waals surface area contributed by atoms with Crippen molar-refractivity contribution in [3.05, 3.63) is 85.3 Å². The monoisotopic (exact) mass is 451 g/mol. The smallest absolute Gasteiger partial charge is 0.329 e. The van der Waals surface area contributed by atoms with Gasteiger partial charge >= 0.3 is 5.69 Å². The minimum absolute atomic E-state index is 0.0456. The van der Waals surface area contributed by atoms with Gasteiger partial charge in [0.2, 0.25) is 0 Å². The van der Waals surface area contributed by atoms with Crippen LogP contribution in [-0.4, -0.2) is 33.5 Å². The van der Waals surface area contributed by atoms with E-state index < -0.39 is 5.69 Å². The number of thiophene rings is 1. The summed E-state index contributed by atoms with van der Waals surface area (Å²) in [6.45, 7) is 2.90. The SMILES string of the molecule is Cc1ccc(OCC(=O)N2CCc3c(sc4[nH]c(=O)n(Cc5ccco5)c(=O)c34)C2)cc1. The Kier molecular flexibility index (Phi) is 5.18. The van der Waals surface area contributed by atoms with Gasteiger partial charge in [0.25, 0.3) is 11.5 Å². The van der Waals surface area contributed by atoms with Gasteiger partial charge in [-0.15, -0.1) is 11.3 Å². The number of fused-ring (bicyclic) bond motifs is 3. The van der Waals surface area contributed by atoms with Crippen LogP contribution in [0.5, 0.6) is 5.75 Å². The molecule has 0 spiro atoms. The molecule has 1 aliphatic heterocycles. The molecular formula is C23H21N3O5S. The third kappa shape index (κ3) is 3.75. The largest absolute Gasteiger partial charge is 0.484 e. The lowest BCUT2D eigenvalue weighted by Gasteiger charge is -2.27. The quantitative estimate of drug-likeness (QED) is 0.503. The first-order chi connectivity index (χ1) is 15.5. The maximum Gasteiger partial charge on any atom is 0.329 e.